The van der Waals surface area contributed by atoms with Crippen molar-refractivity contribution in [2.75, 3.05) is 6.54 Å². The van der Waals surface area contributed by atoms with Gasteiger partial charge in [-0.05, 0) is 31.5 Å². The highest BCUT2D eigenvalue weighted by Crippen LogP contribution is 2.33. The molecule has 1 N–H and O–H groups in total. The maximum absolute atomic E-state index is 12.5. The molecule has 1 atom stereocenters. The fourth-order valence-corrected chi connectivity index (χ4v) is 1.80. The van der Waals surface area contributed by atoms with Crippen LogP contribution in [-0.4, -0.2) is 12.1 Å². The largest absolute Gasteiger partial charge is 0.416 e. The molecule has 1 saturated heterocycles. The molecule has 1 unspecified atom stereocenters. The van der Waals surface area contributed by atoms with Gasteiger partial charge >= 0.3 is 6.18 Å². The van der Waals surface area contributed by atoms with Crippen molar-refractivity contribution >= 4 is 0 Å². The lowest BCUT2D eigenvalue weighted by Crippen LogP contribution is -2.23. The Hall–Kier alpha value is -1.07. The van der Waals surface area contributed by atoms with E-state index in [2.05, 4.69) is 5.32 Å². The zero-order valence-corrected chi connectivity index (χ0v) is 9.64. The van der Waals surface area contributed by atoms with Crippen molar-refractivity contribution in [1.29, 1.82) is 0 Å². The Kier molecular flexibility index (Phi) is 2.91. The third kappa shape index (κ3) is 2.79. The van der Waals surface area contributed by atoms with E-state index in [0.29, 0.717) is 12.1 Å². The van der Waals surface area contributed by atoms with Gasteiger partial charge in [0.15, 0.2) is 0 Å². The van der Waals surface area contributed by atoms with Crippen molar-refractivity contribution in [2.45, 2.75) is 31.9 Å². The molecule has 0 bridgehead atoms. The van der Waals surface area contributed by atoms with E-state index in [4.69, 9.17) is 4.74 Å². The van der Waals surface area contributed by atoms with Gasteiger partial charge in [-0.2, -0.15) is 13.2 Å². The lowest BCUT2D eigenvalue weighted by molar-refractivity contribution is -0.137. The van der Waals surface area contributed by atoms with E-state index in [-0.39, 0.29) is 5.60 Å². The minimum atomic E-state index is -4.32. The van der Waals surface area contributed by atoms with Gasteiger partial charge in [0, 0.05) is 6.54 Å². The fourth-order valence-electron chi connectivity index (χ4n) is 1.80. The molecule has 1 fully saturated rings. The molecule has 5 heteroatoms. The van der Waals surface area contributed by atoms with Gasteiger partial charge in [-0.1, -0.05) is 12.1 Å². The number of halogens is 3. The Labute approximate surface area is 97.8 Å². The van der Waals surface area contributed by atoms with Crippen molar-refractivity contribution < 1.29 is 17.9 Å². The Morgan fingerprint density at radius 2 is 2.06 bits per heavy atom. The zero-order chi connectivity index (χ0) is 12.7. The molecule has 1 aromatic carbocycles. The first kappa shape index (κ1) is 12.4. The van der Waals surface area contributed by atoms with Crippen LogP contribution in [-0.2, 0) is 10.9 Å². The van der Waals surface area contributed by atoms with Crippen LogP contribution in [0.15, 0.2) is 24.3 Å². The average molecular weight is 245 g/mol. The lowest BCUT2D eigenvalue weighted by Gasteiger charge is -2.18. The first-order valence-corrected chi connectivity index (χ1v) is 5.36. The summed E-state index contributed by atoms with van der Waals surface area (Å²) in [6, 6.07) is 5.21. The van der Waals surface area contributed by atoms with E-state index < -0.39 is 18.0 Å². The van der Waals surface area contributed by atoms with Crippen molar-refractivity contribution in [1.82, 2.24) is 5.32 Å². The van der Waals surface area contributed by atoms with E-state index in [0.717, 1.165) is 12.1 Å². The monoisotopic (exact) mass is 245 g/mol. The molecule has 0 amide bonds. The van der Waals surface area contributed by atoms with Gasteiger partial charge in [0.1, 0.15) is 6.23 Å². The number of benzene rings is 1. The van der Waals surface area contributed by atoms with Crippen LogP contribution in [0.1, 0.15) is 31.2 Å². The second-order valence-electron chi connectivity index (χ2n) is 4.76. The molecule has 1 aliphatic rings. The Bertz CT molecular complexity index is 414. The number of ether oxygens (including phenoxy) is 1. The molecule has 1 aromatic rings. The van der Waals surface area contributed by atoms with Crippen molar-refractivity contribution in [2.24, 2.45) is 0 Å². The first-order chi connectivity index (χ1) is 7.78. The summed E-state index contributed by atoms with van der Waals surface area (Å²) >= 11 is 0. The summed E-state index contributed by atoms with van der Waals surface area (Å²) in [5.41, 5.74) is -0.491. The van der Waals surface area contributed by atoms with Crippen LogP contribution in [0.25, 0.3) is 0 Å². The summed E-state index contributed by atoms with van der Waals surface area (Å²) in [5.74, 6) is 0. The van der Waals surface area contributed by atoms with Crippen LogP contribution in [0, 0.1) is 0 Å². The summed E-state index contributed by atoms with van der Waals surface area (Å²) in [6.07, 6.45) is -4.78. The molecular formula is C12H14F3NO. The minimum Gasteiger partial charge on any atom is -0.352 e. The highest BCUT2D eigenvalue weighted by Gasteiger charge is 2.34. The standard InChI is InChI=1S/C12H14F3NO/c1-11(2)7-16-10(17-11)8-4-3-5-9(6-8)12(13,14)15/h3-6,10,16H,7H2,1-2H3. The van der Waals surface area contributed by atoms with Crippen LogP contribution in [0.2, 0.25) is 0 Å². The summed E-state index contributed by atoms with van der Waals surface area (Å²) < 4.78 is 43.3. The molecular weight excluding hydrogens is 231 g/mol. The Morgan fingerprint density at radius 3 is 2.59 bits per heavy atom. The minimum absolute atomic E-state index is 0.348. The van der Waals surface area contributed by atoms with Crippen molar-refractivity contribution in [3.05, 3.63) is 35.4 Å². The molecule has 2 rings (SSSR count). The maximum atomic E-state index is 12.5. The topological polar surface area (TPSA) is 21.3 Å². The van der Waals surface area contributed by atoms with E-state index >= 15 is 0 Å². The SMILES string of the molecule is CC1(C)CNC(c2cccc(C(F)(F)F)c2)O1. The number of hydrogen-bond donors (Lipinski definition) is 1. The number of alkyl halides is 3. The van der Waals surface area contributed by atoms with Gasteiger partial charge in [-0.3, -0.25) is 5.32 Å². The molecule has 0 saturated carbocycles. The second kappa shape index (κ2) is 3.99. The summed E-state index contributed by atoms with van der Waals surface area (Å²) in [6.45, 7) is 4.41. The van der Waals surface area contributed by atoms with Crippen LogP contribution in [0.3, 0.4) is 0 Å². The molecule has 2 nitrogen and oxygen atoms in total. The molecule has 94 valence electrons. The van der Waals surface area contributed by atoms with E-state index in [9.17, 15) is 13.2 Å². The summed E-state index contributed by atoms with van der Waals surface area (Å²) in [7, 11) is 0. The van der Waals surface area contributed by atoms with Crippen LogP contribution < -0.4 is 5.32 Å². The van der Waals surface area contributed by atoms with Gasteiger partial charge in [-0.25, -0.2) is 0 Å². The van der Waals surface area contributed by atoms with Gasteiger partial charge in [0.05, 0.1) is 11.2 Å². The van der Waals surface area contributed by atoms with E-state index in [1.165, 1.54) is 6.07 Å². The molecule has 17 heavy (non-hydrogen) atoms. The van der Waals surface area contributed by atoms with E-state index in [1.807, 2.05) is 13.8 Å². The smallest absolute Gasteiger partial charge is 0.352 e. The molecule has 0 spiro atoms. The van der Waals surface area contributed by atoms with Gasteiger partial charge < -0.3 is 4.74 Å². The summed E-state index contributed by atoms with van der Waals surface area (Å²) in [5, 5.41) is 3.05. The zero-order valence-electron chi connectivity index (χ0n) is 9.64. The van der Waals surface area contributed by atoms with Crippen molar-refractivity contribution in [3.63, 3.8) is 0 Å². The Morgan fingerprint density at radius 1 is 1.35 bits per heavy atom. The second-order valence-corrected chi connectivity index (χ2v) is 4.76. The molecule has 0 aliphatic carbocycles. The normalized spacial score (nSPS) is 23.9. The first-order valence-electron chi connectivity index (χ1n) is 5.36. The van der Waals surface area contributed by atoms with Crippen LogP contribution in [0.5, 0.6) is 0 Å². The van der Waals surface area contributed by atoms with Crippen molar-refractivity contribution in [3.8, 4) is 0 Å². The predicted octanol–water partition coefficient (Wildman–Crippen LogP) is 3.10. The van der Waals surface area contributed by atoms with Gasteiger partial charge in [-0.15, -0.1) is 0 Å². The molecule has 1 aliphatic heterocycles. The Balaban J connectivity index is 2.23. The third-order valence-electron chi connectivity index (χ3n) is 2.67. The fraction of sp³-hybridized carbons (Fsp3) is 0.500. The molecule has 0 aromatic heterocycles. The number of hydrogen-bond acceptors (Lipinski definition) is 2. The van der Waals surface area contributed by atoms with Crippen LogP contribution >= 0.6 is 0 Å². The average Bonchev–Trinajstić information content (AvgIpc) is 2.58. The lowest BCUT2D eigenvalue weighted by atomic mass is 10.1. The number of rotatable bonds is 1. The van der Waals surface area contributed by atoms with Gasteiger partial charge in [0.25, 0.3) is 0 Å². The molecule has 0 radical (unpaired) electrons. The van der Waals surface area contributed by atoms with Crippen LogP contribution in [0.4, 0.5) is 13.2 Å². The predicted molar refractivity (Wildman–Crippen MR) is 57.4 cm³/mol. The molecule has 1 heterocycles. The quantitative estimate of drug-likeness (QED) is 0.820. The highest BCUT2D eigenvalue weighted by atomic mass is 19.4. The highest BCUT2D eigenvalue weighted by molar-refractivity contribution is 5.27. The third-order valence-corrected chi connectivity index (χ3v) is 2.67. The van der Waals surface area contributed by atoms with E-state index in [1.54, 1.807) is 6.07 Å². The summed E-state index contributed by atoms with van der Waals surface area (Å²) in [4.78, 5) is 0. The van der Waals surface area contributed by atoms with Gasteiger partial charge in [0.2, 0.25) is 0 Å². The maximum Gasteiger partial charge on any atom is 0.416 e. The number of nitrogens with one attached hydrogen (secondary N) is 1.